The fraction of sp³-hybridized carbons (Fsp3) is 0.267. The third kappa shape index (κ3) is 3.90. The Kier molecular flexibility index (Phi) is 5.24. The minimum Gasteiger partial charge on any atom is -0.388 e. The van der Waals surface area contributed by atoms with Crippen molar-refractivity contribution in [1.82, 2.24) is 5.32 Å². The third-order valence-corrected chi connectivity index (χ3v) is 4.24. The van der Waals surface area contributed by atoms with Crippen molar-refractivity contribution in [2.24, 2.45) is 0 Å². The van der Waals surface area contributed by atoms with Crippen LogP contribution in [0.1, 0.15) is 32.6 Å². The van der Waals surface area contributed by atoms with Crippen molar-refractivity contribution < 1.29 is 14.8 Å². The van der Waals surface area contributed by atoms with E-state index in [2.05, 4.69) is 5.32 Å². The van der Waals surface area contributed by atoms with Crippen LogP contribution < -0.4 is 5.32 Å². The first-order valence-electron chi connectivity index (χ1n) is 6.75. The van der Waals surface area contributed by atoms with Crippen molar-refractivity contribution in [3.63, 3.8) is 0 Å². The van der Waals surface area contributed by atoms with Gasteiger partial charge in [-0.05, 0) is 18.9 Å². The first-order valence-corrected chi connectivity index (χ1v) is 7.56. The standard InChI is InChI=1S/C15H16N2O4S/c1-10-12(17(20)21)9-14(22-10)15(19)16-8-7-13(18)11-5-3-2-4-6-11/h2-6,9,13,18H,7-8H2,1H3,(H,16,19). The molecular weight excluding hydrogens is 304 g/mol. The number of aliphatic hydroxyl groups excluding tert-OH is 1. The summed E-state index contributed by atoms with van der Waals surface area (Å²) in [7, 11) is 0. The van der Waals surface area contributed by atoms with E-state index < -0.39 is 11.0 Å². The Morgan fingerprint density at radius 3 is 2.68 bits per heavy atom. The molecule has 2 rings (SSSR count). The molecule has 0 aliphatic heterocycles. The maximum absolute atomic E-state index is 11.9. The van der Waals surface area contributed by atoms with Crippen molar-refractivity contribution in [2.75, 3.05) is 6.54 Å². The van der Waals surface area contributed by atoms with Crippen LogP contribution in [0.4, 0.5) is 5.69 Å². The van der Waals surface area contributed by atoms with Gasteiger partial charge < -0.3 is 10.4 Å². The summed E-state index contributed by atoms with van der Waals surface area (Å²) in [6.45, 7) is 1.90. The number of aryl methyl sites for hydroxylation is 1. The zero-order chi connectivity index (χ0) is 16.1. The molecule has 0 spiro atoms. The van der Waals surface area contributed by atoms with Crippen LogP contribution in [0.5, 0.6) is 0 Å². The normalized spacial score (nSPS) is 11.9. The van der Waals surface area contributed by atoms with Crippen LogP contribution >= 0.6 is 11.3 Å². The highest BCUT2D eigenvalue weighted by Gasteiger charge is 2.19. The van der Waals surface area contributed by atoms with Gasteiger partial charge in [-0.2, -0.15) is 0 Å². The lowest BCUT2D eigenvalue weighted by Gasteiger charge is -2.11. The van der Waals surface area contributed by atoms with Crippen molar-refractivity contribution in [3.8, 4) is 0 Å². The van der Waals surface area contributed by atoms with E-state index in [9.17, 15) is 20.0 Å². The maximum Gasteiger partial charge on any atom is 0.283 e. The molecule has 0 saturated carbocycles. The smallest absolute Gasteiger partial charge is 0.283 e. The summed E-state index contributed by atoms with van der Waals surface area (Å²) in [5.41, 5.74) is 0.749. The SMILES string of the molecule is Cc1sc(C(=O)NCCC(O)c2ccccc2)cc1[N+](=O)[O-]. The average molecular weight is 320 g/mol. The number of carbonyl (C=O) groups excluding carboxylic acids is 1. The lowest BCUT2D eigenvalue weighted by molar-refractivity contribution is -0.385. The van der Waals surface area contributed by atoms with Gasteiger partial charge in [0, 0.05) is 12.6 Å². The molecule has 116 valence electrons. The molecule has 2 aromatic rings. The number of benzene rings is 1. The third-order valence-electron chi connectivity index (χ3n) is 3.20. The van der Waals surface area contributed by atoms with E-state index in [1.54, 1.807) is 6.92 Å². The molecule has 0 saturated heterocycles. The van der Waals surface area contributed by atoms with Gasteiger partial charge in [-0.15, -0.1) is 11.3 Å². The van der Waals surface area contributed by atoms with Gasteiger partial charge in [0.25, 0.3) is 11.6 Å². The van der Waals surface area contributed by atoms with Crippen LogP contribution in [0, 0.1) is 17.0 Å². The molecule has 22 heavy (non-hydrogen) atoms. The second-order valence-electron chi connectivity index (χ2n) is 4.78. The molecule has 0 fully saturated rings. The first kappa shape index (κ1) is 16.1. The summed E-state index contributed by atoms with van der Waals surface area (Å²) in [4.78, 5) is 23.0. The van der Waals surface area contributed by atoms with Crippen LogP contribution in [0.25, 0.3) is 0 Å². The van der Waals surface area contributed by atoms with Crippen molar-refractivity contribution in [2.45, 2.75) is 19.4 Å². The van der Waals surface area contributed by atoms with Crippen molar-refractivity contribution >= 4 is 22.9 Å². The van der Waals surface area contributed by atoms with E-state index in [4.69, 9.17) is 0 Å². The van der Waals surface area contributed by atoms with Crippen molar-refractivity contribution in [3.05, 3.63) is 61.8 Å². The largest absolute Gasteiger partial charge is 0.388 e. The second-order valence-corrected chi connectivity index (χ2v) is 6.04. The quantitative estimate of drug-likeness (QED) is 0.632. The van der Waals surface area contributed by atoms with Gasteiger partial charge in [0.05, 0.1) is 20.8 Å². The Morgan fingerprint density at radius 1 is 1.41 bits per heavy atom. The average Bonchev–Trinajstić information content (AvgIpc) is 2.90. The van der Waals surface area contributed by atoms with Gasteiger partial charge in [0.2, 0.25) is 0 Å². The molecule has 6 nitrogen and oxygen atoms in total. The molecular formula is C15H16N2O4S. The zero-order valence-electron chi connectivity index (χ0n) is 12.0. The Morgan fingerprint density at radius 2 is 2.09 bits per heavy atom. The first-order chi connectivity index (χ1) is 10.5. The summed E-state index contributed by atoms with van der Waals surface area (Å²) < 4.78 is 0. The van der Waals surface area contributed by atoms with E-state index in [0.29, 0.717) is 22.7 Å². The van der Waals surface area contributed by atoms with Crippen LogP contribution in [0.15, 0.2) is 36.4 Å². The molecule has 7 heteroatoms. The molecule has 0 aliphatic rings. The Bertz CT molecular complexity index is 669. The lowest BCUT2D eigenvalue weighted by Crippen LogP contribution is -2.24. The highest BCUT2D eigenvalue weighted by atomic mass is 32.1. The number of rotatable bonds is 6. The van der Waals surface area contributed by atoms with Gasteiger partial charge in [-0.3, -0.25) is 14.9 Å². The summed E-state index contributed by atoms with van der Waals surface area (Å²) >= 11 is 1.09. The lowest BCUT2D eigenvalue weighted by atomic mass is 10.1. The van der Waals surface area contributed by atoms with E-state index in [1.807, 2.05) is 30.3 Å². The molecule has 0 aliphatic carbocycles. The molecule has 1 aromatic carbocycles. The number of carbonyl (C=O) groups is 1. The summed E-state index contributed by atoms with van der Waals surface area (Å²) in [6.07, 6.45) is -0.275. The number of hydrogen-bond donors (Lipinski definition) is 2. The number of nitro groups is 1. The minimum atomic E-state index is -0.652. The number of nitrogens with zero attached hydrogens (tertiary/aromatic N) is 1. The monoisotopic (exact) mass is 320 g/mol. The predicted molar refractivity (Wildman–Crippen MR) is 84.1 cm³/mol. The van der Waals surface area contributed by atoms with E-state index >= 15 is 0 Å². The molecule has 0 radical (unpaired) electrons. The number of aliphatic hydroxyl groups is 1. The molecule has 1 amide bonds. The van der Waals surface area contributed by atoms with Crippen molar-refractivity contribution in [1.29, 1.82) is 0 Å². The summed E-state index contributed by atoms with van der Waals surface area (Å²) in [5, 5.41) is 23.4. The molecule has 1 unspecified atom stereocenters. The van der Waals surface area contributed by atoms with Gasteiger partial charge in [-0.1, -0.05) is 30.3 Å². The maximum atomic E-state index is 11.9. The zero-order valence-corrected chi connectivity index (χ0v) is 12.8. The van der Waals surface area contributed by atoms with E-state index in [-0.39, 0.29) is 11.6 Å². The second kappa shape index (κ2) is 7.15. The van der Waals surface area contributed by atoms with Crippen LogP contribution in [-0.2, 0) is 0 Å². The number of thiophene rings is 1. The predicted octanol–water partition coefficient (Wildman–Crippen LogP) is 2.82. The molecule has 1 heterocycles. The van der Waals surface area contributed by atoms with Gasteiger partial charge >= 0.3 is 0 Å². The van der Waals surface area contributed by atoms with Gasteiger partial charge in [-0.25, -0.2) is 0 Å². The summed E-state index contributed by atoms with van der Waals surface area (Å²) in [5.74, 6) is -0.360. The highest BCUT2D eigenvalue weighted by molar-refractivity contribution is 7.14. The Labute approximate surface area is 131 Å². The number of nitrogens with one attached hydrogen (secondary N) is 1. The van der Waals surface area contributed by atoms with Crippen LogP contribution in [-0.4, -0.2) is 22.5 Å². The minimum absolute atomic E-state index is 0.0422. The van der Waals surface area contributed by atoms with Gasteiger partial charge in [0.1, 0.15) is 0 Å². The highest BCUT2D eigenvalue weighted by Crippen LogP contribution is 2.27. The van der Waals surface area contributed by atoms with E-state index in [1.165, 1.54) is 6.07 Å². The molecule has 1 aromatic heterocycles. The summed E-state index contributed by atoms with van der Waals surface area (Å²) in [6, 6.07) is 10.5. The molecule has 2 N–H and O–H groups in total. The Balaban J connectivity index is 1.88. The molecule has 1 atom stereocenters. The fourth-order valence-corrected chi connectivity index (χ4v) is 2.92. The van der Waals surface area contributed by atoms with E-state index in [0.717, 1.165) is 16.9 Å². The topological polar surface area (TPSA) is 92.5 Å². The Hall–Kier alpha value is -2.25. The van der Waals surface area contributed by atoms with Crippen LogP contribution in [0.2, 0.25) is 0 Å². The number of hydrogen-bond acceptors (Lipinski definition) is 5. The number of amides is 1. The van der Waals surface area contributed by atoms with Gasteiger partial charge in [0.15, 0.2) is 0 Å². The van der Waals surface area contributed by atoms with Crippen LogP contribution in [0.3, 0.4) is 0 Å². The fourth-order valence-electron chi connectivity index (χ4n) is 2.02. The molecule has 0 bridgehead atoms.